The van der Waals surface area contributed by atoms with E-state index in [-0.39, 0.29) is 35.1 Å². The molecule has 0 spiro atoms. The number of oxime groups is 2. The standard InChI is InChI=1S/C26H34N2O3Si/c1-17(2)25-22-24(27-29-26(22)21-15-11-8-12-16-21)23(20-13-9-7-10-14-20)28-31-32(30-25,18(3)4)19(5)6/h7-19,22,25-26H,1-6H3/b28-23-/t22-,25-,26-/m1/s1. The second-order valence-electron chi connectivity index (χ2n) is 9.69. The molecule has 5 nitrogen and oxygen atoms in total. The average molecular weight is 451 g/mol. The third kappa shape index (κ3) is 4.02. The molecule has 3 atom stereocenters. The van der Waals surface area contributed by atoms with Gasteiger partial charge in [-0.15, -0.1) is 0 Å². The van der Waals surface area contributed by atoms with Crippen molar-refractivity contribution in [3.05, 3.63) is 71.8 Å². The third-order valence-corrected chi connectivity index (χ3v) is 10.8. The molecule has 0 aliphatic carbocycles. The summed E-state index contributed by atoms with van der Waals surface area (Å²) < 4.78 is 13.5. The van der Waals surface area contributed by atoms with E-state index in [1.807, 2.05) is 36.4 Å². The largest absolute Gasteiger partial charge is 0.432 e. The van der Waals surface area contributed by atoms with Crippen LogP contribution in [0.4, 0.5) is 0 Å². The summed E-state index contributed by atoms with van der Waals surface area (Å²) in [6.07, 6.45) is -0.330. The predicted octanol–water partition coefficient (Wildman–Crippen LogP) is 6.47. The number of fused-ring (bicyclic) bond motifs is 1. The van der Waals surface area contributed by atoms with Gasteiger partial charge >= 0.3 is 8.56 Å². The normalized spacial score (nSPS) is 26.5. The van der Waals surface area contributed by atoms with Crippen molar-refractivity contribution in [2.24, 2.45) is 22.1 Å². The Kier molecular flexibility index (Phi) is 6.54. The number of nitrogens with zero attached hydrogens (tertiary/aromatic N) is 2. The van der Waals surface area contributed by atoms with Gasteiger partial charge in [-0.05, 0) is 11.5 Å². The quantitative estimate of drug-likeness (QED) is 0.491. The highest BCUT2D eigenvalue weighted by Crippen LogP contribution is 2.45. The van der Waals surface area contributed by atoms with Crippen molar-refractivity contribution < 1.29 is 13.8 Å². The molecule has 0 fully saturated rings. The molecular formula is C26H34N2O3Si. The summed E-state index contributed by atoms with van der Waals surface area (Å²) in [5, 5.41) is 9.34. The van der Waals surface area contributed by atoms with Crippen LogP contribution in [-0.2, 0) is 13.8 Å². The summed E-state index contributed by atoms with van der Waals surface area (Å²) in [5.74, 6) is 0.172. The number of hydrogen-bond acceptors (Lipinski definition) is 5. The van der Waals surface area contributed by atoms with Gasteiger partial charge in [0, 0.05) is 16.6 Å². The van der Waals surface area contributed by atoms with Crippen molar-refractivity contribution in [2.45, 2.75) is 64.8 Å². The zero-order valence-corrected chi connectivity index (χ0v) is 20.9. The van der Waals surface area contributed by atoms with Crippen LogP contribution in [0, 0.1) is 11.8 Å². The molecule has 170 valence electrons. The van der Waals surface area contributed by atoms with E-state index >= 15 is 0 Å². The van der Waals surface area contributed by atoms with Crippen molar-refractivity contribution in [1.82, 2.24) is 0 Å². The Bertz CT molecular complexity index is 965. The molecule has 0 unspecified atom stereocenters. The van der Waals surface area contributed by atoms with E-state index in [4.69, 9.17) is 18.9 Å². The predicted molar refractivity (Wildman–Crippen MR) is 131 cm³/mol. The van der Waals surface area contributed by atoms with Gasteiger partial charge in [-0.25, -0.2) is 0 Å². The molecule has 4 rings (SSSR count). The van der Waals surface area contributed by atoms with Crippen LogP contribution in [0.15, 0.2) is 71.0 Å². The maximum absolute atomic E-state index is 7.06. The maximum Gasteiger partial charge on any atom is 0.432 e. The molecule has 0 radical (unpaired) electrons. The molecule has 0 bridgehead atoms. The zero-order chi connectivity index (χ0) is 22.9. The lowest BCUT2D eigenvalue weighted by Crippen LogP contribution is -2.55. The summed E-state index contributed by atoms with van der Waals surface area (Å²) >= 11 is 0. The van der Waals surface area contributed by atoms with Gasteiger partial charge in [0.05, 0.1) is 12.0 Å². The van der Waals surface area contributed by atoms with E-state index in [0.29, 0.717) is 0 Å². The zero-order valence-electron chi connectivity index (χ0n) is 19.9. The van der Waals surface area contributed by atoms with E-state index in [0.717, 1.165) is 22.6 Å². The van der Waals surface area contributed by atoms with E-state index < -0.39 is 8.56 Å². The number of hydrogen-bond donors (Lipinski definition) is 0. The Labute approximate surface area is 192 Å². The second-order valence-corrected chi connectivity index (χ2v) is 13.9. The smallest absolute Gasteiger partial charge is 0.420 e. The molecule has 0 saturated heterocycles. The molecule has 2 heterocycles. The van der Waals surface area contributed by atoms with Gasteiger partial charge in [-0.2, -0.15) is 0 Å². The molecule has 32 heavy (non-hydrogen) atoms. The fraction of sp³-hybridized carbons (Fsp3) is 0.462. The van der Waals surface area contributed by atoms with Crippen LogP contribution < -0.4 is 0 Å². The molecule has 0 N–H and O–H groups in total. The summed E-state index contributed by atoms with van der Waals surface area (Å²) in [6, 6.07) is 20.5. The summed E-state index contributed by atoms with van der Waals surface area (Å²) in [6.45, 7) is 13.2. The van der Waals surface area contributed by atoms with Crippen molar-refractivity contribution in [3.8, 4) is 0 Å². The van der Waals surface area contributed by atoms with Crippen LogP contribution in [0.25, 0.3) is 0 Å². The molecule has 2 aromatic carbocycles. The van der Waals surface area contributed by atoms with Crippen molar-refractivity contribution in [3.63, 3.8) is 0 Å². The minimum atomic E-state index is -2.71. The lowest BCUT2D eigenvalue weighted by atomic mass is 9.80. The summed E-state index contributed by atoms with van der Waals surface area (Å²) in [4.78, 5) is 6.11. The average Bonchev–Trinajstić information content (AvgIpc) is 3.19. The first-order valence-electron chi connectivity index (χ1n) is 11.6. The monoisotopic (exact) mass is 450 g/mol. The van der Waals surface area contributed by atoms with Crippen molar-refractivity contribution in [2.75, 3.05) is 0 Å². The minimum Gasteiger partial charge on any atom is -0.420 e. The van der Waals surface area contributed by atoms with E-state index in [1.165, 1.54) is 0 Å². The highest BCUT2D eigenvalue weighted by Gasteiger charge is 2.55. The summed E-state index contributed by atoms with van der Waals surface area (Å²) in [7, 11) is -2.71. The van der Waals surface area contributed by atoms with Gasteiger partial charge < -0.3 is 13.8 Å². The van der Waals surface area contributed by atoms with Crippen LogP contribution in [0.1, 0.15) is 58.8 Å². The van der Waals surface area contributed by atoms with Gasteiger partial charge in [-0.3, -0.25) is 0 Å². The topological polar surface area (TPSA) is 52.4 Å². The second kappa shape index (κ2) is 9.20. The van der Waals surface area contributed by atoms with Crippen LogP contribution in [0.3, 0.4) is 0 Å². The molecule has 2 aliphatic heterocycles. The Morgan fingerprint density at radius 1 is 0.781 bits per heavy atom. The summed E-state index contributed by atoms with van der Waals surface area (Å²) in [5.41, 5.74) is 4.11. The Morgan fingerprint density at radius 2 is 1.38 bits per heavy atom. The van der Waals surface area contributed by atoms with E-state index in [2.05, 4.69) is 71.0 Å². The van der Waals surface area contributed by atoms with Gasteiger partial charge in [0.15, 0.2) is 6.10 Å². The third-order valence-electron chi connectivity index (χ3n) is 6.54. The molecule has 0 amide bonds. The maximum atomic E-state index is 7.06. The molecule has 0 aromatic heterocycles. The van der Waals surface area contributed by atoms with Crippen molar-refractivity contribution >= 4 is 20.0 Å². The molecule has 2 aliphatic rings. The first-order valence-corrected chi connectivity index (χ1v) is 13.6. The van der Waals surface area contributed by atoms with Gasteiger partial charge in [-0.1, -0.05) is 113 Å². The van der Waals surface area contributed by atoms with Crippen LogP contribution in [0.5, 0.6) is 0 Å². The SMILES string of the molecule is CC(C)[C@H]1O[Si](C(C)C)(C(C)C)O/N=C(/c2ccccc2)C2=NO[C@H](c3ccccc3)[C@H]21. The highest BCUT2D eigenvalue weighted by atomic mass is 28.4. The Hall–Kier alpha value is -2.44. The minimum absolute atomic E-state index is 0.0790. The lowest BCUT2D eigenvalue weighted by Gasteiger charge is -2.43. The fourth-order valence-corrected chi connectivity index (χ4v) is 8.21. The first kappa shape index (κ1) is 22.7. The molecule has 2 aromatic rings. The van der Waals surface area contributed by atoms with Gasteiger partial charge in [0.2, 0.25) is 0 Å². The Morgan fingerprint density at radius 3 is 1.94 bits per heavy atom. The Balaban J connectivity index is 1.90. The fourth-order valence-electron chi connectivity index (χ4n) is 4.79. The van der Waals surface area contributed by atoms with E-state index in [9.17, 15) is 0 Å². The van der Waals surface area contributed by atoms with Crippen molar-refractivity contribution in [1.29, 1.82) is 0 Å². The molecule has 0 saturated carbocycles. The van der Waals surface area contributed by atoms with E-state index in [1.54, 1.807) is 0 Å². The number of rotatable bonds is 5. The van der Waals surface area contributed by atoms with Crippen LogP contribution in [0.2, 0.25) is 11.1 Å². The molecular weight excluding hydrogens is 416 g/mol. The highest BCUT2D eigenvalue weighted by molar-refractivity contribution is 6.70. The first-order chi connectivity index (χ1) is 15.3. The van der Waals surface area contributed by atoms with Gasteiger partial charge in [0.1, 0.15) is 11.4 Å². The molecule has 6 heteroatoms. The van der Waals surface area contributed by atoms with Crippen LogP contribution >= 0.6 is 0 Å². The van der Waals surface area contributed by atoms with Gasteiger partial charge in [0.25, 0.3) is 0 Å². The number of benzene rings is 2. The lowest BCUT2D eigenvalue weighted by molar-refractivity contribution is -0.0110. The van der Waals surface area contributed by atoms with Crippen LogP contribution in [-0.4, -0.2) is 26.1 Å².